The molecule has 0 aromatic heterocycles. The Morgan fingerprint density at radius 1 is 1.33 bits per heavy atom. The second kappa shape index (κ2) is 6.02. The Morgan fingerprint density at radius 3 is 2.72 bits per heavy atom. The first-order valence-electron chi connectivity index (χ1n) is 7.28. The van der Waals surface area contributed by atoms with E-state index >= 15 is 0 Å². The number of likely N-dealkylation sites (N-methyl/N-ethyl adjacent to an activating group) is 2. The van der Waals surface area contributed by atoms with Crippen LogP contribution < -0.4 is 5.73 Å². The molecule has 2 aliphatic rings. The molecule has 1 saturated carbocycles. The van der Waals surface area contributed by atoms with Gasteiger partial charge in [0.15, 0.2) is 0 Å². The fourth-order valence-electron chi connectivity index (χ4n) is 3.38. The molecule has 1 amide bonds. The lowest BCUT2D eigenvalue weighted by Crippen LogP contribution is -2.44. The summed E-state index contributed by atoms with van der Waals surface area (Å²) >= 11 is 0. The summed E-state index contributed by atoms with van der Waals surface area (Å²) < 4.78 is 0. The van der Waals surface area contributed by atoms with Crippen molar-refractivity contribution in [3.05, 3.63) is 0 Å². The highest BCUT2D eigenvalue weighted by Gasteiger charge is 2.30. The summed E-state index contributed by atoms with van der Waals surface area (Å²) in [5, 5.41) is 0. The average molecular weight is 253 g/mol. The van der Waals surface area contributed by atoms with E-state index in [0.29, 0.717) is 11.9 Å². The monoisotopic (exact) mass is 253 g/mol. The maximum absolute atomic E-state index is 12.4. The average Bonchev–Trinajstić information content (AvgIpc) is 2.74. The first-order valence-corrected chi connectivity index (χ1v) is 7.28. The fraction of sp³-hybridized carbons (Fsp3) is 0.929. The van der Waals surface area contributed by atoms with Crippen molar-refractivity contribution in [2.75, 3.05) is 27.2 Å². The van der Waals surface area contributed by atoms with Crippen LogP contribution in [0.1, 0.15) is 38.5 Å². The van der Waals surface area contributed by atoms with Crippen molar-refractivity contribution in [1.29, 1.82) is 0 Å². The van der Waals surface area contributed by atoms with Crippen molar-refractivity contribution in [2.45, 2.75) is 50.6 Å². The van der Waals surface area contributed by atoms with Crippen LogP contribution in [0.5, 0.6) is 0 Å². The molecule has 0 aromatic rings. The van der Waals surface area contributed by atoms with E-state index in [0.717, 1.165) is 32.2 Å². The van der Waals surface area contributed by atoms with E-state index in [-0.39, 0.29) is 12.0 Å². The van der Waals surface area contributed by atoms with Crippen molar-refractivity contribution in [3.8, 4) is 0 Å². The van der Waals surface area contributed by atoms with Crippen molar-refractivity contribution in [2.24, 2.45) is 11.7 Å². The van der Waals surface area contributed by atoms with Crippen LogP contribution in [0.2, 0.25) is 0 Å². The van der Waals surface area contributed by atoms with Gasteiger partial charge in [-0.1, -0.05) is 6.42 Å². The van der Waals surface area contributed by atoms with Crippen LogP contribution in [0.15, 0.2) is 0 Å². The molecule has 0 aromatic carbocycles. The van der Waals surface area contributed by atoms with Gasteiger partial charge in [0, 0.05) is 31.6 Å². The van der Waals surface area contributed by atoms with Gasteiger partial charge in [-0.15, -0.1) is 0 Å². The summed E-state index contributed by atoms with van der Waals surface area (Å²) in [6, 6.07) is 0.784. The van der Waals surface area contributed by atoms with E-state index in [2.05, 4.69) is 11.9 Å². The van der Waals surface area contributed by atoms with Crippen LogP contribution in [0.4, 0.5) is 0 Å². The highest BCUT2D eigenvalue weighted by molar-refractivity contribution is 5.78. The van der Waals surface area contributed by atoms with Gasteiger partial charge in [-0.05, 0) is 45.7 Å². The molecule has 2 N–H and O–H groups in total. The predicted octanol–water partition coefficient (Wildman–Crippen LogP) is 1.06. The van der Waals surface area contributed by atoms with Crippen molar-refractivity contribution >= 4 is 5.91 Å². The fourth-order valence-corrected chi connectivity index (χ4v) is 3.38. The van der Waals surface area contributed by atoms with E-state index < -0.39 is 0 Å². The molecule has 0 bridgehead atoms. The van der Waals surface area contributed by atoms with Gasteiger partial charge in [0.25, 0.3) is 0 Å². The topological polar surface area (TPSA) is 49.6 Å². The van der Waals surface area contributed by atoms with Gasteiger partial charge in [0.05, 0.1) is 0 Å². The van der Waals surface area contributed by atoms with Gasteiger partial charge in [0.2, 0.25) is 5.91 Å². The number of likely N-dealkylation sites (tertiary alicyclic amines) is 1. The standard InChI is InChI=1S/C14H27N3O/c1-16-8-4-7-13(16)10-17(2)14(18)11-5-3-6-12(15)9-11/h11-13H,3-10,15H2,1-2H3. The predicted molar refractivity (Wildman–Crippen MR) is 73.2 cm³/mol. The third-order valence-electron chi connectivity index (χ3n) is 4.60. The number of carbonyl (C=O) groups is 1. The molecule has 1 aliphatic heterocycles. The first-order chi connectivity index (χ1) is 8.58. The summed E-state index contributed by atoms with van der Waals surface area (Å²) in [6.45, 7) is 2.04. The smallest absolute Gasteiger partial charge is 0.225 e. The van der Waals surface area contributed by atoms with E-state index in [1.165, 1.54) is 19.4 Å². The summed E-state index contributed by atoms with van der Waals surface area (Å²) in [6.07, 6.45) is 6.57. The van der Waals surface area contributed by atoms with Gasteiger partial charge >= 0.3 is 0 Å². The quantitative estimate of drug-likeness (QED) is 0.818. The summed E-state index contributed by atoms with van der Waals surface area (Å²) in [7, 11) is 4.11. The Balaban J connectivity index is 1.84. The Kier molecular flexibility index (Phi) is 4.62. The summed E-state index contributed by atoms with van der Waals surface area (Å²) in [5.74, 6) is 0.482. The first kappa shape index (κ1) is 13.8. The number of nitrogens with two attached hydrogens (primary N) is 1. The molecule has 2 fully saturated rings. The Hall–Kier alpha value is -0.610. The van der Waals surface area contributed by atoms with Crippen molar-refractivity contribution in [1.82, 2.24) is 9.80 Å². The number of rotatable bonds is 3. The number of carbonyl (C=O) groups excluding carboxylic acids is 1. The SMILES string of the molecule is CN(CC1CCCN1C)C(=O)C1CCCC(N)C1. The van der Waals surface area contributed by atoms with Gasteiger partial charge < -0.3 is 15.5 Å². The Morgan fingerprint density at radius 2 is 2.11 bits per heavy atom. The molecule has 1 aliphatic carbocycles. The zero-order valence-corrected chi connectivity index (χ0v) is 11.8. The van der Waals surface area contributed by atoms with E-state index in [9.17, 15) is 4.79 Å². The second-order valence-electron chi connectivity index (χ2n) is 6.12. The lowest BCUT2D eigenvalue weighted by atomic mass is 9.85. The normalized spacial score (nSPS) is 33.6. The number of hydrogen-bond acceptors (Lipinski definition) is 3. The zero-order valence-electron chi connectivity index (χ0n) is 11.8. The maximum atomic E-state index is 12.4. The van der Waals surface area contributed by atoms with E-state index in [4.69, 9.17) is 5.73 Å². The van der Waals surface area contributed by atoms with E-state index in [1.54, 1.807) is 0 Å². The minimum atomic E-state index is 0.172. The number of amides is 1. The molecule has 1 heterocycles. The zero-order chi connectivity index (χ0) is 13.1. The highest BCUT2D eigenvalue weighted by Crippen LogP contribution is 2.25. The highest BCUT2D eigenvalue weighted by atomic mass is 16.2. The molecule has 0 radical (unpaired) electrons. The molecule has 3 atom stereocenters. The molecule has 0 spiro atoms. The van der Waals surface area contributed by atoms with Crippen LogP contribution >= 0.6 is 0 Å². The Labute approximate surface area is 110 Å². The summed E-state index contributed by atoms with van der Waals surface area (Å²) in [4.78, 5) is 16.7. The van der Waals surface area contributed by atoms with Crippen LogP contribution in [-0.4, -0.2) is 55.0 Å². The molecule has 18 heavy (non-hydrogen) atoms. The third-order valence-corrected chi connectivity index (χ3v) is 4.60. The lowest BCUT2D eigenvalue weighted by Gasteiger charge is -2.32. The van der Waals surface area contributed by atoms with Gasteiger partial charge in [0.1, 0.15) is 0 Å². The number of hydrogen-bond donors (Lipinski definition) is 1. The minimum absolute atomic E-state index is 0.172. The molecule has 104 valence electrons. The van der Waals surface area contributed by atoms with Gasteiger partial charge in [-0.25, -0.2) is 0 Å². The largest absolute Gasteiger partial charge is 0.344 e. The van der Waals surface area contributed by atoms with Crippen LogP contribution in [0, 0.1) is 5.92 Å². The maximum Gasteiger partial charge on any atom is 0.225 e. The van der Waals surface area contributed by atoms with Crippen molar-refractivity contribution in [3.63, 3.8) is 0 Å². The van der Waals surface area contributed by atoms with E-state index in [1.807, 2.05) is 11.9 Å². The molecule has 2 rings (SSSR count). The molecular weight excluding hydrogens is 226 g/mol. The van der Waals surface area contributed by atoms with Crippen LogP contribution in [-0.2, 0) is 4.79 Å². The second-order valence-corrected chi connectivity index (χ2v) is 6.12. The van der Waals surface area contributed by atoms with Gasteiger partial charge in [-0.2, -0.15) is 0 Å². The van der Waals surface area contributed by atoms with Crippen molar-refractivity contribution < 1.29 is 4.79 Å². The molecular formula is C14H27N3O. The molecule has 4 heteroatoms. The summed E-state index contributed by atoms with van der Waals surface area (Å²) in [5.41, 5.74) is 5.97. The number of nitrogens with zero attached hydrogens (tertiary/aromatic N) is 2. The van der Waals surface area contributed by atoms with Crippen LogP contribution in [0.3, 0.4) is 0 Å². The third kappa shape index (κ3) is 3.23. The lowest BCUT2D eigenvalue weighted by molar-refractivity contribution is -0.136. The van der Waals surface area contributed by atoms with Crippen LogP contribution in [0.25, 0.3) is 0 Å². The Bertz CT molecular complexity index is 295. The molecule has 3 unspecified atom stereocenters. The minimum Gasteiger partial charge on any atom is -0.344 e. The van der Waals surface area contributed by atoms with Gasteiger partial charge in [-0.3, -0.25) is 4.79 Å². The molecule has 1 saturated heterocycles. The molecule has 4 nitrogen and oxygen atoms in total.